The van der Waals surface area contributed by atoms with Crippen molar-refractivity contribution in [2.75, 3.05) is 65.6 Å². The van der Waals surface area contributed by atoms with Gasteiger partial charge in [0.15, 0.2) is 0 Å². The molecule has 0 radical (unpaired) electrons. The Kier molecular flexibility index (Phi) is 8.20. The summed E-state index contributed by atoms with van der Waals surface area (Å²) in [6.45, 7) is 6.61. The Hall–Kier alpha value is -1.57. The summed E-state index contributed by atoms with van der Waals surface area (Å²) in [7, 11) is -3.48. The van der Waals surface area contributed by atoms with E-state index in [1.165, 1.54) is 15.6 Å². The molecule has 2 fully saturated rings. The lowest BCUT2D eigenvalue weighted by atomic mass is 10.2. The van der Waals surface area contributed by atoms with Crippen molar-refractivity contribution >= 4 is 33.4 Å². The molecule has 1 aromatic heterocycles. The van der Waals surface area contributed by atoms with Crippen LogP contribution in [-0.2, 0) is 19.7 Å². The average Bonchev–Trinajstić information content (AvgIpc) is 3.29. The highest BCUT2D eigenvalue weighted by Gasteiger charge is 2.27. The van der Waals surface area contributed by atoms with Crippen molar-refractivity contribution in [2.45, 2.75) is 13.0 Å². The quantitative estimate of drug-likeness (QED) is 0.525. The molecule has 30 heavy (non-hydrogen) atoms. The summed E-state index contributed by atoms with van der Waals surface area (Å²) in [5.74, 6) is -0.343. The maximum Gasteiger partial charge on any atom is 0.279 e. The summed E-state index contributed by atoms with van der Waals surface area (Å²) in [6, 6.07) is 2.93. The van der Waals surface area contributed by atoms with Gasteiger partial charge >= 0.3 is 0 Å². The Morgan fingerprint density at radius 2 is 1.87 bits per heavy atom. The number of piperazine rings is 1. The minimum absolute atomic E-state index is 0.104. The molecule has 0 spiro atoms. The van der Waals surface area contributed by atoms with Gasteiger partial charge in [-0.15, -0.1) is 11.3 Å². The van der Waals surface area contributed by atoms with E-state index in [4.69, 9.17) is 4.74 Å². The lowest BCUT2D eigenvalue weighted by Gasteiger charge is -2.36. The van der Waals surface area contributed by atoms with Gasteiger partial charge < -0.3 is 15.0 Å². The number of nitrogens with one attached hydrogen (secondary N) is 2. The van der Waals surface area contributed by atoms with E-state index in [1.807, 2.05) is 5.38 Å². The maximum absolute atomic E-state index is 12.6. The van der Waals surface area contributed by atoms with Crippen LogP contribution in [-0.4, -0.2) is 106 Å². The number of amides is 2. The predicted octanol–water partition coefficient (Wildman–Crippen LogP) is -0.823. The van der Waals surface area contributed by atoms with Crippen molar-refractivity contribution in [1.82, 2.24) is 24.1 Å². The molecule has 2 amide bonds. The Balaban J connectivity index is 1.36. The molecule has 0 unspecified atom stereocenters. The molecule has 1 aromatic rings. The van der Waals surface area contributed by atoms with E-state index < -0.39 is 16.3 Å². The molecule has 2 N–H and O–H groups in total. The number of carbonyl (C=O) groups is 2. The highest BCUT2D eigenvalue weighted by atomic mass is 32.2. The first kappa shape index (κ1) is 23.1. The van der Waals surface area contributed by atoms with Crippen LogP contribution < -0.4 is 10.0 Å². The lowest BCUT2D eigenvalue weighted by Crippen LogP contribution is -2.55. The molecule has 0 saturated carbocycles. The molecule has 2 saturated heterocycles. The molecule has 2 aliphatic heterocycles. The molecule has 3 heterocycles. The third-order valence-electron chi connectivity index (χ3n) is 5.17. The fourth-order valence-corrected chi connectivity index (χ4v) is 5.20. The van der Waals surface area contributed by atoms with Gasteiger partial charge in [-0.1, -0.05) is 6.07 Å². The molecule has 3 rings (SSSR count). The second-order valence-electron chi connectivity index (χ2n) is 7.25. The van der Waals surface area contributed by atoms with Crippen molar-refractivity contribution in [1.29, 1.82) is 0 Å². The Morgan fingerprint density at radius 3 is 2.50 bits per heavy atom. The molecular formula is C18H29N5O5S2. The first-order valence-corrected chi connectivity index (χ1v) is 12.4. The Bertz CT molecular complexity index is 803. The maximum atomic E-state index is 12.6. The van der Waals surface area contributed by atoms with Crippen LogP contribution in [0.25, 0.3) is 0 Å². The van der Waals surface area contributed by atoms with Crippen molar-refractivity contribution in [3.8, 4) is 0 Å². The van der Waals surface area contributed by atoms with Gasteiger partial charge in [0.25, 0.3) is 16.1 Å². The van der Waals surface area contributed by atoms with Gasteiger partial charge in [0, 0.05) is 52.4 Å². The van der Waals surface area contributed by atoms with Crippen molar-refractivity contribution < 1.29 is 22.7 Å². The predicted molar refractivity (Wildman–Crippen MR) is 114 cm³/mol. The topological polar surface area (TPSA) is 111 Å². The summed E-state index contributed by atoms with van der Waals surface area (Å²) >= 11 is 1.34. The van der Waals surface area contributed by atoms with Gasteiger partial charge in [-0.25, -0.2) is 4.72 Å². The molecule has 168 valence electrons. The van der Waals surface area contributed by atoms with Crippen molar-refractivity contribution in [3.63, 3.8) is 0 Å². The number of hydrogen-bond acceptors (Lipinski definition) is 7. The number of rotatable bonds is 8. The number of thiophene rings is 1. The number of ether oxygens (including phenoxy) is 1. The monoisotopic (exact) mass is 459 g/mol. The fraction of sp³-hybridized carbons (Fsp3) is 0.667. The molecule has 1 atom stereocenters. The SMILES string of the molecule is C[C@H](NC(=O)c1cccs1)C(=O)N1CCN(CCNS(=O)(=O)N2CCOCC2)CC1. The zero-order chi connectivity index (χ0) is 21.6. The molecule has 0 aliphatic carbocycles. The molecule has 0 aromatic carbocycles. The highest BCUT2D eigenvalue weighted by molar-refractivity contribution is 7.87. The lowest BCUT2D eigenvalue weighted by molar-refractivity contribution is -0.134. The molecule has 2 aliphatic rings. The number of nitrogens with zero attached hydrogens (tertiary/aromatic N) is 3. The summed E-state index contributed by atoms with van der Waals surface area (Å²) in [5.41, 5.74) is 0. The van der Waals surface area contributed by atoms with E-state index in [1.54, 1.807) is 24.0 Å². The highest BCUT2D eigenvalue weighted by Crippen LogP contribution is 2.09. The third-order valence-corrected chi connectivity index (χ3v) is 7.65. The second-order valence-corrected chi connectivity index (χ2v) is 9.95. The van der Waals surface area contributed by atoms with E-state index in [9.17, 15) is 18.0 Å². The van der Waals surface area contributed by atoms with E-state index >= 15 is 0 Å². The summed E-state index contributed by atoms with van der Waals surface area (Å²) in [4.78, 5) is 29.2. The summed E-state index contributed by atoms with van der Waals surface area (Å²) in [6.07, 6.45) is 0. The molecule has 0 bridgehead atoms. The number of carbonyl (C=O) groups excluding carboxylic acids is 2. The van der Waals surface area contributed by atoms with E-state index in [-0.39, 0.29) is 11.8 Å². The van der Waals surface area contributed by atoms with Gasteiger partial charge in [0.2, 0.25) is 5.91 Å². The normalized spacial score (nSPS) is 20.1. The van der Waals surface area contributed by atoms with Crippen LogP contribution in [0.2, 0.25) is 0 Å². The van der Waals surface area contributed by atoms with Crippen molar-refractivity contribution in [2.24, 2.45) is 0 Å². The first-order chi connectivity index (χ1) is 14.4. The zero-order valence-electron chi connectivity index (χ0n) is 17.1. The summed E-state index contributed by atoms with van der Waals surface area (Å²) < 4.78 is 33.8. The minimum Gasteiger partial charge on any atom is -0.379 e. The van der Waals surface area contributed by atoms with Crippen LogP contribution in [0.3, 0.4) is 0 Å². The first-order valence-electron chi connectivity index (χ1n) is 10.0. The van der Waals surface area contributed by atoms with Gasteiger partial charge in [0.05, 0.1) is 18.1 Å². The van der Waals surface area contributed by atoms with Crippen molar-refractivity contribution in [3.05, 3.63) is 22.4 Å². The van der Waals surface area contributed by atoms with E-state index in [2.05, 4.69) is 14.9 Å². The van der Waals surface area contributed by atoms with E-state index in [0.29, 0.717) is 70.4 Å². The smallest absolute Gasteiger partial charge is 0.279 e. The molecule has 12 heteroatoms. The molecular weight excluding hydrogens is 430 g/mol. The Morgan fingerprint density at radius 1 is 1.17 bits per heavy atom. The van der Waals surface area contributed by atoms with Crippen LogP contribution in [0.4, 0.5) is 0 Å². The molecule has 10 nitrogen and oxygen atoms in total. The third kappa shape index (κ3) is 6.22. The van der Waals surface area contributed by atoms with Crippen LogP contribution in [0.5, 0.6) is 0 Å². The van der Waals surface area contributed by atoms with Gasteiger partial charge in [0.1, 0.15) is 6.04 Å². The number of morpholine rings is 1. The van der Waals surface area contributed by atoms with E-state index in [0.717, 1.165) is 0 Å². The van der Waals surface area contributed by atoms with Crippen LogP contribution in [0.1, 0.15) is 16.6 Å². The van der Waals surface area contributed by atoms with Crippen LogP contribution in [0.15, 0.2) is 17.5 Å². The second kappa shape index (κ2) is 10.6. The Labute approximate surface area is 181 Å². The van der Waals surface area contributed by atoms with Gasteiger partial charge in [-0.2, -0.15) is 12.7 Å². The largest absolute Gasteiger partial charge is 0.379 e. The minimum atomic E-state index is -3.48. The average molecular weight is 460 g/mol. The van der Waals surface area contributed by atoms with Gasteiger partial charge in [-0.3, -0.25) is 14.5 Å². The summed E-state index contributed by atoms with van der Waals surface area (Å²) in [5, 5.41) is 4.57. The number of hydrogen-bond donors (Lipinski definition) is 2. The standard InChI is InChI=1S/C18H29N5O5S2/c1-15(20-17(24)16-3-2-14-29-16)18(25)22-8-6-21(7-9-22)5-4-19-30(26,27)23-10-12-28-13-11-23/h2-3,14-15,19H,4-13H2,1H3,(H,20,24)/t15-/m0/s1. The van der Waals surface area contributed by atoms with Crippen LogP contribution >= 0.6 is 11.3 Å². The van der Waals surface area contributed by atoms with Crippen LogP contribution in [0, 0.1) is 0 Å². The van der Waals surface area contributed by atoms with Gasteiger partial charge in [-0.05, 0) is 18.4 Å². The zero-order valence-corrected chi connectivity index (χ0v) is 18.7. The fourth-order valence-electron chi connectivity index (χ4n) is 3.41.